The lowest BCUT2D eigenvalue weighted by molar-refractivity contribution is -0.123. The molecule has 1 saturated carbocycles. The first-order valence-corrected chi connectivity index (χ1v) is 8.94. The Labute approximate surface area is 139 Å². The number of rotatable bonds is 7. The topological polar surface area (TPSA) is 50.4 Å². The van der Waals surface area contributed by atoms with Crippen molar-refractivity contribution in [2.45, 2.75) is 39.0 Å². The summed E-state index contributed by atoms with van der Waals surface area (Å²) >= 11 is 0. The number of piperidine rings is 1. The van der Waals surface area contributed by atoms with Gasteiger partial charge in [-0.25, -0.2) is 0 Å². The highest BCUT2D eigenvalue weighted by molar-refractivity contribution is 5.82. The van der Waals surface area contributed by atoms with E-state index in [0.29, 0.717) is 18.6 Å². The summed E-state index contributed by atoms with van der Waals surface area (Å²) in [5.74, 6) is 1.33. The van der Waals surface area contributed by atoms with Crippen molar-refractivity contribution < 1.29 is 9.53 Å². The Bertz CT molecular complexity index is 521. The van der Waals surface area contributed by atoms with Crippen molar-refractivity contribution in [1.29, 1.82) is 0 Å². The van der Waals surface area contributed by atoms with Gasteiger partial charge in [0, 0.05) is 5.92 Å². The molecule has 1 aliphatic carbocycles. The fourth-order valence-corrected chi connectivity index (χ4v) is 3.70. The van der Waals surface area contributed by atoms with Crippen LogP contribution in [0.1, 0.15) is 38.2 Å². The number of ether oxygens (including phenoxy) is 1. The summed E-state index contributed by atoms with van der Waals surface area (Å²) in [5, 5.41) is 6.40. The molecule has 1 unspecified atom stereocenters. The molecule has 2 aliphatic rings. The Morgan fingerprint density at radius 3 is 2.74 bits per heavy atom. The zero-order chi connectivity index (χ0) is 16.1. The van der Waals surface area contributed by atoms with Crippen LogP contribution >= 0.6 is 0 Å². The first kappa shape index (κ1) is 16.3. The van der Waals surface area contributed by atoms with Gasteiger partial charge in [-0.15, -0.1) is 0 Å². The molecule has 126 valence electrons. The Hall–Kier alpha value is -1.55. The summed E-state index contributed by atoms with van der Waals surface area (Å²) in [6.07, 6.45) is 5.62. The third-order valence-electron chi connectivity index (χ3n) is 5.24. The van der Waals surface area contributed by atoms with E-state index in [1.807, 2.05) is 12.1 Å². The summed E-state index contributed by atoms with van der Waals surface area (Å²) in [4.78, 5) is 12.2. The van der Waals surface area contributed by atoms with Gasteiger partial charge >= 0.3 is 0 Å². The van der Waals surface area contributed by atoms with E-state index >= 15 is 0 Å². The lowest BCUT2D eigenvalue weighted by Gasteiger charge is -2.23. The second-order valence-corrected chi connectivity index (χ2v) is 6.90. The maximum atomic E-state index is 12.2. The molecule has 3 rings (SSSR count). The van der Waals surface area contributed by atoms with Gasteiger partial charge in [0.2, 0.25) is 5.91 Å². The molecule has 1 saturated heterocycles. The largest absolute Gasteiger partial charge is 0.492 e. The third kappa shape index (κ3) is 4.05. The quantitative estimate of drug-likeness (QED) is 0.760. The number of carbonyl (C=O) groups is 1. The average Bonchev–Trinajstić information content (AvgIpc) is 3.27. The normalized spacial score (nSPS) is 21.9. The number of benzene rings is 1. The van der Waals surface area contributed by atoms with Gasteiger partial charge in [-0.3, -0.25) is 4.79 Å². The molecule has 1 amide bonds. The molecule has 1 aromatic carbocycles. The van der Waals surface area contributed by atoms with Crippen molar-refractivity contribution >= 4 is 5.91 Å². The minimum Gasteiger partial charge on any atom is -0.492 e. The number of carbonyl (C=O) groups excluding carboxylic acids is 1. The lowest BCUT2D eigenvalue weighted by Crippen LogP contribution is -2.35. The van der Waals surface area contributed by atoms with Crippen LogP contribution in [0.4, 0.5) is 0 Å². The molecule has 0 bridgehead atoms. The smallest absolute Gasteiger partial charge is 0.223 e. The number of nitrogens with one attached hydrogen (secondary N) is 2. The molecular formula is C19H28N2O2. The molecule has 4 heteroatoms. The molecule has 23 heavy (non-hydrogen) atoms. The van der Waals surface area contributed by atoms with Crippen LogP contribution in [-0.2, 0) is 11.2 Å². The summed E-state index contributed by atoms with van der Waals surface area (Å²) < 4.78 is 5.70. The lowest BCUT2D eigenvalue weighted by atomic mass is 9.92. The average molecular weight is 316 g/mol. The highest BCUT2D eigenvalue weighted by Gasteiger charge is 2.57. The maximum Gasteiger partial charge on any atom is 0.223 e. The third-order valence-corrected chi connectivity index (χ3v) is 5.24. The van der Waals surface area contributed by atoms with Gasteiger partial charge in [-0.2, -0.15) is 0 Å². The molecule has 1 spiro atoms. The SMILES string of the molecule is CCCc1ccc(OCCNC(=O)C2CC23CCNCC3)cc1. The van der Waals surface area contributed by atoms with Gasteiger partial charge in [0.15, 0.2) is 0 Å². The summed E-state index contributed by atoms with van der Waals surface area (Å²) in [7, 11) is 0. The zero-order valence-corrected chi connectivity index (χ0v) is 14.1. The van der Waals surface area contributed by atoms with Crippen LogP contribution in [0.25, 0.3) is 0 Å². The van der Waals surface area contributed by atoms with E-state index in [4.69, 9.17) is 4.74 Å². The van der Waals surface area contributed by atoms with E-state index in [2.05, 4.69) is 29.7 Å². The van der Waals surface area contributed by atoms with Crippen molar-refractivity contribution in [3.05, 3.63) is 29.8 Å². The van der Waals surface area contributed by atoms with Crippen molar-refractivity contribution in [3.8, 4) is 5.75 Å². The number of aryl methyl sites for hydroxylation is 1. The van der Waals surface area contributed by atoms with Crippen molar-refractivity contribution in [2.24, 2.45) is 11.3 Å². The fourth-order valence-electron chi connectivity index (χ4n) is 3.70. The van der Waals surface area contributed by atoms with Crippen molar-refractivity contribution in [1.82, 2.24) is 10.6 Å². The molecule has 0 aromatic heterocycles. The standard InChI is InChI=1S/C19H28N2O2/c1-2-3-15-4-6-16(7-5-15)23-13-12-21-18(22)17-14-19(17)8-10-20-11-9-19/h4-7,17,20H,2-3,8-14H2,1H3,(H,21,22). The van der Waals surface area contributed by atoms with E-state index in [1.165, 1.54) is 5.56 Å². The molecular weight excluding hydrogens is 288 g/mol. The highest BCUT2D eigenvalue weighted by atomic mass is 16.5. The van der Waals surface area contributed by atoms with E-state index in [0.717, 1.165) is 50.9 Å². The molecule has 4 nitrogen and oxygen atoms in total. The summed E-state index contributed by atoms with van der Waals surface area (Å²) in [6, 6.07) is 8.25. The second-order valence-electron chi connectivity index (χ2n) is 6.90. The molecule has 1 aromatic rings. The second kappa shape index (κ2) is 7.35. The van der Waals surface area contributed by atoms with E-state index in [-0.39, 0.29) is 11.8 Å². The molecule has 0 radical (unpaired) electrons. The molecule has 2 N–H and O–H groups in total. The monoisotopic (exact) mass is 316 g/mol. The van der Waals surface area contributed by atoms with Crippen LogP contribution in [0.15, 0.2) is 24.3 Å². The number of hydrogen-bond donors (Lipinski definition) is 2. The summed E-state index contributed by atoms with van der Waals surface area (Å²) in [6.45, 7) is 5.41. The van der Waals surface area contributed by atoms with Crippen LogP contribution in [0.3, 0.4) is 0 Å². The predicted molar refractivity (Wildman–Crippen MR) is 91.6 cm³/mol. The number of hydrogen-bond acceptors (Lipinski definition) is 3. The van der Waals surface area contributed by atoms with Crippen LogP contribution in [0, 0.1) is 11.3 Å². The minimum atomic E-state index is 0.216. The Morgan fingerprint density at radius 1 is 1.30 bits per heavy atom. The minimum absolute atomic E-state index is 0.216. The fraction of sp³-hybridized carbons (Fsp3) is 0.632. The van der Waals surface area contributed by atoms with Crippen molar-refractivity contribution in [3.63, 3.8) is 0 Å². The van der Waals surface area contributed by atoms with Gasteiger partial charge in [-0.05, 0) is 61.9 Å². The maximum absolute atomic E-state index is 12.2. The van der Waals surface area contributed by atoms with Crippen LogP contribution in [0.2, 0.25) is 0 Å². The van der Waals surface area contributed by atoms with E-state index in [1.54, 1.807) is 0 Å². The Morgan fingerprint density at radius 2 is 2.04 bits per heavy atom. The molecule has 1 heterocycles. The van der Waals surface area contributed by atoms with Crippen LogP contribution in [0.5, 0.6) is 5.75 Å². The summed E-state index contributed by atoms with van der Waals surface area (Å²) in [5.41, 5.74) is 1.65. The first-order valence-electron chi connectivity index (χ1n) is 8.94. The Kier molecular flexibility index (Phi) is 5.21. The number of amides is 1. The molecule has 2 fully saturated rings. The van der Waals surface area contributed by atoms with Crippen molar-refractivity contribution in [2.75, 3.05) is 26.2 Å². The molecule has 1 atom stereocenters. The molecule has 1 aliphatic heterocycles. The Balaban J connectivity index is 1.34. The van der Waals surface area contributed by atoms with Gasteiger partial charge in [0.1, 0.15) is 12.4 Å². The van der Waals surface area contributed by atoms with Crippen LogP contribution in [-0.4, -0.2) is 32.1 Å². The predicted octanol–water partition coefficient (Wildman–Crippen LogP) is 2.52. The van der Waals surface area contributed by atoms with Gasteiger partial charge in [-0.1, -0.05) is 25.5 Å². The van der Waals surface area contributed by atoms with Gasteiger partial charge < -0.3 is 15.4 Å². The highest BCUT2D eigenvalue weighted by Crippen LogP contribution is 2.58. The van der Waals surface area contributed by atoms with E-state index in [9.17, 15) is 4.79 Å². The first-order chi connectivity index (χ1) is 11.2. The van der Waals surface area contributed by atoms with Gasteiger partial charge in [0.05, 0.1) is 6.54 Å². The van der Waals surface area contributed by atoms with E-state index < -0.39 is 0 Å². The van der Waals surface area contributed by atoms with Crippen LogP contribution < -0.4 is 15.4 Å². The van der Waals surface area contributed by atoms with Gasteiger partial charge in [0.25, 0.3) is 0 Å². The zero-order valence-electron chi connectivity index (χ0n) is 14.1.